The van der Waals surface area contributed by atoms with Gasteiger partial charge in [0.1, 0.15) is 17.3 Å². The van der Waals surface area contributed by atoms with Crippen LogP contribution in [0.25, 0.3) is 10.9 Å². The van der Waals surface area contributed by atoms with Crippen LogP contribution in [0.4, 0.5) is 5.69 Å². The molecule has 10 atom stereocenters. The molecule has 2 bridgehead atoms. The summed E-state index contributed by atoms with van der Waals surface area (Å²) in [5.41, 5.74) is -1.22. The number of fused-ring (bicyclic) bond motifs is 6. The first-order chi connectivity index (χ1) is 27.3. The Labute approximate surface area is 334 Å². The summed E-state index contributed by atoms with van der Waals surface area (Å²) in [5, 5.41) is 38.2. The highest BCUT2D eigenvalue weighted by Crippen LogP contribution is 2.67. The molecule has 3 aromatic rings. The standard InChI is InChI=1S/C45H58N4O8/c1-7-41(53)24-27-14-17-43(39(51)56-5,35-29(15-20-48(25-27)26-41)28-12-9-10-13-32(28)46-35)31-22-30-33(23-34(31)55-4)47(3)37-44(30)18-21-49-19-11-16-42(8-2,36(44)49)38(50)45(37,54)40(52)57-6/h9-13,16,22-23,27,36-38,46,50,53-54H,7-8,14-15,17-21,24-26H2,1-6H3/t27-,36-,37+,38+,41+,42+,43-,44+,45-/m0/s1. The molecular formula is C45H58N4O8. The molecular weight excluding hydrogens is 725 g/mol. The fourth-order valence-corrected chi connectivity index (χ4v) is 13.3. The number of benzene rings is 2. The molecule has 12 nitrogen and oxygen atoms in total. The number of aromatic nitrogens is 1. The number of nitrogens with one attached hydrogen (secondary N) is 1. The minimum atomic E-state index is -2.29. The van der Waals surface area contributed by atoms with Crippen LogP contribution in [0.5, 0.6) is 5.75 Å². The van der Waals surface area contributed by atoms with Gasteiger partial charge < -0.3 is 39.4 Å². The lowest BCUT2D eigenvalue weighted by Gasteiger charge is -2.63. The van der Waals surface area contributed by atoms with Crippen molar-refractivity contribution in [2.45, 2.75) is 99.0 Å². The summed E-state index contributed by atoms with van der Waals surface area (Å²) in [7, 11) is 6.19. The number of piperidine rings is 1. The van der Waals surface area contributed by atoms with Gasteiger partial charge in [-0.25, -0.2) is 4.79 Å². The van der Waals surface area contributed by atoms with Gasteiger partial charge in [0.05, 0.1) is 33.0 Å². The fraction of sp³-hybridized carbons (Fsp3) is 0.600. The number of likely N-dealkylation sites (N-methyl/N-ethyl adjacent to an activating group) is 1. The van der Waals surface area contributed by atoms with Gasteiger partial charge in [-0.15, -0.1) is 0 Å². The number of esters is 2. The SMILES string of the molecule is CC[C@@]1(O)C[C@@H]2CC[C@](C(=O)OC)(c3cc4c(cc3OC)N(C)[C@H]3[C@@](O)(C(=O)OC)[C@H](O)[C@]5(CC)C=CCN6CC[C@]43[C@@H]65)c3[nH]c4ccccc4c3CCN(C2)C1. The van der Waals surface area contributed by atoms with Crippen LogP contribution in [-0.2, 0) is 36.3 Å². The molecule has 3 fully saturated rings. The predicted molar refractivity (Wildman–Crippen MR) is 215 cm³/mol. The maximum atomic E-state index is 15.2. The molecule has 9 rings (SSSR count). The van der Waals surface area contributed by atoms with E-state index in [0.717, 1.165) is 46.5 Å². The number of H-pyrrole nitrogens is 1. The molecule has 1 aromatic heterocycles. The maximum Gasteiger partial charge on any atom is 0.342 e. The van der Waals surface area contributed by atoms with E-state index in [4.69, 9.17) is 14.2 Å². The molecule has 1 unspecified atom stereocenters. The van der Waals surface area contributed by atoms with Crippen molar-refractivity contribution in [3.05, 3.63) is 70.9 Å². The number of aliphatic hydroxyl groups excluding tert-OH is 1. The van der Waals surface area contributed by atoms with E-state index in [9.17, 15) is 20.1 Å². The summed E-state index contributed by atoms with van der Waals surface area (Å²) in [4.78, 5) is 39.7. The van der Waals surface area contributed by atoms with Crippen LogP contribution in [0.1, 0.15) is 74.8 Å². The van der Waals surface area contributed by atoms with Crippen molar-refractivity contribution in [3.63, 3.8) is 0 Å². The van der Waals surface area contributed by atoms with Gasteiger partial charge in [-0.3, -0.25) is 14.6 Å². The Kier molecular flexibility index (Phi) is 8.99. The van der Waals surface area contributed by atoms with Gasteiger partial charge in [0.25, 0.3) is 0 Å². The molecule has 57 heavy (non-hydrogen) atoms. The second-order valence-electron chi connectivity index (χ2n) is 18.0. The van der Waals surface area contributed by atoms with Gasteiger partial charge in [-0.1, -0.05) is 44.2 Å². The van der Waals surface area contributed by atoms with E-state index < -0.39 is 51.5 Å². The van der Waals surface area contributed by atoms with E-state index in [-0.39, 0.29) is 12.0 Å². The van der Waals surface area contributed by atoms with E-state index in [1.807, 2.05) is 56.1 Å². The summed E-state index contributed by atoms with van der Waals surface area (Å²) in [6.07, 6.45) is 6.69. The zero-order valence-electron chi connectivity index (χ0n) is 34.1. The zero-order chi connectivity index (χ0) is 40.3. The van der Waals surface area contributed by atoms with E-state index >= 15 is 4.79 Å². The van der Waals surface area contributed by atoms with Gasteiger partial charge in [0, 0.05) is 84.0 Å². The molecule has 12 heteroatoms. The second kappa shape index (κ2) is 13.3. The number of para-hydroxylation sites is 1. The molecule has 306 valence electrons. The summed E-state index contributed by atoms with van der Waals surface area (Å²) >= 11 is 0. The molecule has 6 heterocycles. The first-order valence-electron chi connectivity index (χ1n) is 20.8. The average molecular weight is 783 g/mol. The molecule has 0 amide bonds. The molecule has 2 saturated heterocycles. The predicted octanol–water partition coefficient (Wildman–Crippen LogP) is 3.81. The smallest absolute Gasteiger partial charge is 0.342 e. The van der Waals surface area contributed by atoms with Crippen LogP contribution in [-0.4, -0.2) is 133 Å². The molecule has 1 spiro atoms. The zero-order valence-corrected chi connectivity index (χ0v) is 34.1. The van der Waals surface area contributed by atoms with E-state index in [0.29, 0.717) is 75.9 Å². The molecule has 6 aliphatic rings. The second-order valence-corrected chi connectivity index (χ2v) is 18.0. The van der Waals surface area contributed by atoms with Crippen molar-refractivity contribution in [1.29, 1.82) is 0 Å². The topological polar surface area (TPSA) is 148 Å². The van der Waals surface area contributed by atoms with Crippen LogP contribution in [0.15, 0.2) is 48.6 Å². The lowest BCUT2D eigenvalue weighted by molar-refractivity contribution is -0.218. The number of rotatable bonds is 6. The number of aromatic amines is 1. The highest BCUT2D eigenvalue weighted by molar-refractivity contribution is 5.94. The van der Waals surface area contributed by atoms with Crippen LogP contribution in [0.2, 0.25) is 0 Å². The lowest BCUT2D eigenvalue weighted by Crippen LogP contribution is -2.80. The van der Waals surface area contributed by atoms with Gasteiger partial charge in [0.15, 0.2) is 0 Å². The summed E-state index contributed by atoms with van der Waals surface area (Å²) in [6.45, 7) is 7.60. The van der Waals surface area contributed by atoms with Crippen LogP contribution < -0.4 is 9.64 Å². The van der Waals surface area contributed by atoms with E-state index in [2.05, 4.69) is 33.0 Å². The quantitative estimate of drug-likeness (QED) is 0.214. The summed E-state index contributed by atoms with van der Waals surface area (Å²) in [5.74, 6) is -0.662. The first kappa shape index (κ1) is 38.6. The number of nitrogens with zero attached hydrogens (tertiary/aromatic N) is 3. The number of carbonyl (C=O) groups is 2. The fourth-order valence-electron chi connectivity index (χ4n) is 13.3. The average Bonchev–Trinajstić information content (AvgIpc) is 3.88. The summed E-state index contributed by atoms with van der Waals surface area (Å²) < 4.78 is 17.6. The number of anilines is 1. The monoisotopic (exact) mass is 782 g/mol. The van der Waals surface area contributed by atoms with Crippen LogP contribution in [0, 0.1) is 11.3 Å². The van der Waals surface area contributed by atoms with E-state index in [1.54, 1.807) is 7.11 Å². The maximum absolute atomic E-state index is 15.2. The normalized spacial score (nSPS) is 38.2. The van der Waals surface area contributed by atoms with Gasteiger partial charge in [-0.05, 0) is 80.7 Å². The molecule has 0 radical (unpaired) electrons. The van der Waals surface area contributed by atoms with Crippen molar-refractivity contribution in [3.8, 4) is 5.75 Å². The number of hydrogen-bond acceptors (Lipinski definition) is 11. The molecule has 4 N–H and O–H groups in total. The Morgan fingerprint density at radius 3 is 2.46 bits per heavy atom. The van der Waals surface area contributed by atoms with Crippen molar-refractivity contribution in [2.24, 2.45) is 11.3 Å². The highest BCUT2D eigenvalue weighted by atomic mass is 16.5. The highest BCUT2D eigenvalue weighted by Gasteiger charge is 2.79. The Bertz CT molecular complexity index is 2150. The molecule has 2 aromatic carbocycles. The summed E-state index contributed by atoms with van der Waals surface area (Å²) in [6, 6.07) is 11.1. The number of carbonyl (C=O) groups excluding carboxylic acids is 2. The Morgan fingerprint density at radius 2 is 1.74 bits per heavy atom. The van der Waals surface area contributed by atoms with Crippen LogP contribution >= 0.6 is 0 Å². The number of methoxy groups -OCH3 is 3. The number of hydrogen-bond donors (Lipinski definition) is 4. The molecule has 1 aliphatic carbocycles. The first-order valence-corrected chi connectivity index (χ1v) is 20.8. The molecule has 1 saturated carbocycles. The third-order valence-corrected chi connectivity index (χ3v) is 15.7. The van der Waals surface area contributed by atoms with Gasteiger partial charge in [0.2, 0.25) is 5.60 Å². The third kappa shape index (κ3) is 4.91. The Morgan fingerprint density at radius 1 is 0.965 bits per heavy atom. The number of ether oxygens (including phenoxy) is 3. The largest absolute Gasteiger partial charge is 0.496 e. The van der Waals surface area contributed by atoms with Crippen molar-refractivity contribution >= 4 is 28.5 Å². The Balaban J connectivity index is 1.34. The minimum absolute atomic E-state index is 0.130. The molecule has 5 aliphatic heterocycles. The van der Waals surface area contributed by atoms with Crippen molar-refractivity contribution in [1.82, 2.24) is 14.8 Å². The lowest BCUT2D eigenvalue weighted by atomic mass is 9.47. The van der Waals surface area contributed by atoms with Crippen molar-refractivity contribution in [2.75, 3.05) is 66.0 Å². The third-order valence-electron chi connectivity index (χ3n) is 15.7. The number of aliphatic hydroxyl groups is 3. The van der Waals surface area contributed by atoms with Gasteiger partial charge in [-0.2, -0.15) is 0 Å². The Hall–Kier alpha value is -3.94. The van der Waals surface area contributed by atoms with Crippen LogP contribution in [0.3, 0.4) is 0 Å². The van der Waals surface area contributed by atoms with Crippen molar-refractivity contribution < 1.29 is 39.1 Å². The van der Waals surface area contributed by atoms with Gasteiger partial charge >= 0.3 is 11.9 Å². The van der Waals surface area contributed by atoms with E-state index in [1.165, 1.54) is 14.2 Å². The minimum Gasteiger partial charge on any atom is -0.496 e.